The van der Waals surface area contributed by atoms with Crippen molar-refractivity contribution in [3.05, 3.63) is 24.0 Å². The number of pyridine rings is 1. The summed E-state index contributed by atoms with van der Waals surface area (Å²) in [4.78, 5) is 8.64. The van der Waals surface area contributed by atoms with Gasteiger partial charge in [-0.15, -0.1) is 0 Å². The molecule has 19 heavy (non-hydrogen) atoms. The molecule has 0 saturated carbocycles. The number of aromatic nitrogens is 1. The summed E-state index contributed by atoms with van der Waals surface area (Å²) in [6.07, 6.45) is 1.68. The number of amidine groups is 1. The summed E-state index contributed by atoms with van der Waals surface area (Å²) in [6.45, 7) is 7.16. The van der Waals surface area contributed by atoms with E-state index in [-0.39, 0.29) is 5.84 Å². The molecule has 106 valence electrons. The third kappa shape index (κ3) is 4.87. The normalized spacial score (nSPS) is 11.1. The van der Waals surface area contributed by atoms with Gasteiger partial charge in [-0.25, -0.2) is 0 Å². The minimum absolute atomic E-state index is 0.0224. The largest absolute Gasteiger partial charge is 0.382 e. The zero-order valence-electron chi connectivity index (χ0n) is 12.3. The Morgan fingerprint density at radius 1 is 1.37 bits per heavy atom. The maximum atomic E-state index is 7.65. The van der Waals surface area contributed by atoms with Gasteiger partial charge in [0.1, 0.15) is 11.5 Å². The molecule has 0 radical (unpaired) electrons. The molecule has 0 aliphatic rings. The maximum absolute atomic E-state index is 7.65. The van der Waals surface area contributed by atoms with Crippen LogP contribution in [0.2, 0.25) is 0 Å². The Hall–Kier alpha value is -1.62. The van der Waals surface area contributed by atoms with Crippen molar-refractivity contribution >= 4 is 11.5 Å². The molecule has 5 nitrogen and oxygen atoms in total. The SMILES string of the molecule is CC(C)CN(CCN(C)C)c1cccnc1C(=N)N. The zero-order chi connectivity index (χ0) is 14.4. The van der Waals surface area contributed by atoms with E-state index in [1.807, 2.05) is 12.1 Å². The van der Waals surface area contributed by atoms with E-state index in [0.29, 0.717) is 11.6 Å². The highest BCUT2D eigenvalue weighted by atomic mass is 15.2. The van der Waals surface area contributed by atoms with Crippen LogP contribution >= 0.6 is 0 Å². The predicted octanol–water partition coefficient (Wildman–Crippen LogP) is 1.39. The van der Waals surface area contributed by atoms with Crippen LogP contribution in [0.25, 0.3) is 0 Å². The molecular formula is C14H25N5. The summed E-state index contributed by atoms with van der Waals surface area (Å²) in [6, 6.07) is 3.88. The summed E-state index contributed by atoms with van der Waals surface area (Å²) >= 11 is 0. The summed E-state index contributed by atoms with van der Waals surface area (Å²) in [7, 11) is 4.12. The van der Waals surface area contributed by atoms with Gasteiger partial charge in [0.2, 0.25) is 0 Å². The van der Waals surface area contributed by atoms with Crippen LogP contribution in [0.1, 0.15) is 19.5 Å². The molecule has 1 aromatic rings. The van der Waals surface area contributed by atoms with E-state index in [0.717, 1.165) is 25.3 Å². The van der Waals surface area contributed by atoms with E-state index in [1.54, 1.807) is 6.20 Å². The van der Waals surface area contributed by atoms with Crippen LogP contribution < -0.4 is 10.6 Å². The number of hydrogen-bond donors (Lipinski definition) is 2. The summed E-state index contributed by atoms with van der Waals surface area (Å²) in [5.41, 5.74) is 7.14. The van der Waals surface area contributed by atoms with Gasteiger partial charge in [0.05, 0.1) is 5.69 Å². The molecule has 0 aromatic carbocycles. The molecule has 1 aromatic heterocycles. The van der Waals surface area contributed by atoms with Crippen molar-refractivity contribution in [2.75, 3.05) is 38.6 Å². The lowest BCUT2D eigenvalue weighted by Gasteiger charge is -2.29. The van der Waals surface area contributed by atoms with Crippen molar-refractivity contribution in [3.8, 4) is 0 Å². The molecule has 0 saturated heterocycles. The lowest BCUT2D eigenvalue weighted by Crippen LogP contribution is -2.36. The van der Waals surface area contributed by atoms with Crippen LogP contribution in [0, 0.1) is 11.3 Å². The van der Waals surface area contributed by atoms with E-state index >= 15 is 0 Å². The highest BCUT2D eigenvalue weighted by Crippen LogP contribution is 2.19. The number of likely N-dealkylation sites (N-methyl/N-ethyl adjacent to an activating group) is 1. The molecule has 0 aliphatic carbocycles. The highest BCUT2D eigenvalue weighted by molar-refractivity contribution is 5.98. The Morgan fingerprint density at radius 3 is 2.58 bits per heavy atom. The molecule has 0 unspecified atom stereocenters. The number of nitrogens with zero attached hydrogens (tertiary/aromatic N) is 3. The molecule has 0 fully saturated rings. The van der Waals surface area contributed by atoms with Gasteiger partial charge in [0, 0.05) is 25.8 Å². The molecule has 0 bridgehead atoms. The molecule has 0 atom stereocenters. The van der Waals surface area contributed by atoms with Crippen LogP contribution in [-0.2, 0) is 0 Å². The average Bonchev–Trinajstić information content (AvgIpc) is 2.33. The fraction of sp³-hybridized carbons (Fsp3) is 0.571. The van der Waals surface area contributed by atoms with Crippen LogP contribution in [0.5, 0.6) is 0 Å². The summed E-state index contributed by atoms with van der Waals surface area (Å²) < 4.78 is 0. The first kappa shape index (κ1) is 15.4. The van der Waals surface area contributed by atoms with E-state index in [2.05, 4.69) is 42.7 Å². The third-order valence-electron chi connectivity index (χ3n) is 2.78. The Balaban J connectivity index is 2.99. The molecule has 3 N–H and O–H groups in total. The van der Waals surface area contributed by atoms with E-state index < -0.39 is 0 Å². The van der Waals surface area contributed by atoms with Gasteiger partial charge in [0.25, 0.3) is 0 Å². The number of nitrogens with two attached hydrogens (primary N) is 1. The van der Waals surface area contributed by atoms with Gasteiger partial charge < -0.3 is 15.5 Å². The summed E-state index contributed by atoms with van der Waals surface area (Å²) in [5, 5.41) is 7.65. The summed E-state index contributed by atoms with van der Waals surface area (Å²) in [5.74, 6) is 0.566. The minimum atomic E-state index is 0.0224. The van der Waals surface area contributed by atoms with Gasteiger partial charge >= 0.3 is 0 Å². The quantitative estimate of drug-likeness (QED) is 0.576. The first-order valence-electron chi connectivity index (χ1n) is 6.61. The molecule has 1 heterocycles. The first-order valence-corrected chi connectivity index (χ1v) is 6.61. The Kier molecular flexibility index (Phi) is 5.76. The number of rotatable bonds is 7. The van der Waals surface area contributed by atoms with Gasteiger partial charge in [0.15, 0.2) is 0 Å². The van der Waals surface area contributed by atoms with E-state index in [4.69, 9.17) is 11.1 Å². The topological polar surface area (TPSA) is 69.2 Å². The van der Waals surface area contributed by atoms with Gasteiger partial charge in [-0.2, -0.15) is 0 Å². The second kappa shape index (κ2) is 7.09. The minimum Gasteiger partial charge on any atom is -0.382 e. The molecule has 5 heteroatoms. The molecule has 1 rings (SSSR count). The second-order valence-electron chi connectivity index (χ2n) is 5.43. The number of nitrogens with one attached hydrogen (secondary N) is 1. The molecule has 0 spiro atoms. The molecule has 0 amide bonds. The van der Waals surface area contributed by atoms with Crippen LogP contribution in [0.3, 0.4) is 0 Å². The van der Waals surface area contributed by atoms with Crippen LogP contribution in [0.15, 0.2) is 18.3 Å². The van der Waals surface area contributed by atoms with Crippen molar-refractivity contribution < 1.29 is 0 Å². The van der Waals surface area contributed by atoms with Crippen LogP contribution in [0.4, 0.5) is 5.69 Å². The van der Waals surface area contributed by atoms with Crippen molar-refractivity contribution in [3.63, 3.8) is 0 Å². The molecular weight excluding hydrogens is 238 g/mol. The average molecular weight is 263 g/mol. The lowest BCUT2D eigenvalue weighted by molar-refractivity contribution is 0.409. The van der Waals surface area contributed by atoms with Gasteiger partial charge in [-0.3, -0.25) is 10.4 Å². The van der Waals surface area contributed by atoms with Crippen molar-refractivity contribution in [2.24, 2.45) is 11.7 Å². The fourth-order valence-electron chi connectivity index (χ4n) is 1.93. The maximum Gasteiger partial charge on any atom is 0.143 e. The zero-order valence-corrected chi connectivity index (χ0v) is 12.3. The van der Waals surface area contributed by atoms with E-state index in [9.17, 15) is 0 Å². The molecule has 0 aliphatic heterocycles. The van der Waals surface area contributed by atoms with Gasteiger partial charge in [-0.05, 0) is 32.1 Å². The highest BCUT2D eigenvalue weighted by Gasteiger charge is 2.15. The lowest BCUT2D eigenvalue weighted by atomic mass is 10.1. The predicted molar refractivity (Wildman–Crippen MR) is 80.9 cm³/mol. The second-order valence-corrected chi connectivity index (χ2v) is 5.43. The third-order valence-corrected chi connectivity index (χ3v) is 2.78. The Bertz CT molecular complexity index is 414. The van der Waals surface area contributed by atoms with Crippen molar-refractivity contribution in [1.82, 2.24) is 9.88 Å². The fourth-order valence-corrected chi connectivity index (χ4v) is 1.93. The van der Waals surface area contributed by atoms with Crippen LogP contribution in [-0.4, -0.2) is 49.4 Å². The Labute approximate surface area is 115 Å². The van der Waals surface area contributed by atoms with Crippen molar-refractivity contribution in [1.29, 1.82) is 5.41 Å². The van der Waals surface area contributed by atoms with Crippen molar-refractivity contribution in [2.45, 2.75) is 13.8 Å². The first-order chi connectivity index (χ1) is 8.91. The smallest absolute Gasteiger partial charge is 0.143 e. The number of nitrogen functional groups attached to an aromatic ring is 1. The monoisotopic (exact) mass is 263 g/mol. The number of anilines is 1. The Morgan fingerprint density at radius 2 is 2.05 bits per heavy atom. The number of hydrogen-bond acceptors (Lipinski definition) is 4. The standard InChI is InChI=1S/C14H25N5/c1-11(2)10-19(9-8-18(3)4)12-6-5-7-17-13(12)14(15)16/h5-7,11H,8-10H2,1-4H3,(H3,15,16). The van der Waals surface area contributed by atoms with E-state index in [1.165, 1.54) is 0 Å². The van der Waals surface area contributed by atoms with Gasteiger partial charge in [-0.1, -0.05) is 13.8 Å².